The lowest BCUT2D eigenvalue weighted by Gasteiger charge is -2.14. The van der Waals surface area contributed by atoms with Crippen molar-refractivity contribution in [2.45, 2.75) is 64.0 Å². The van der Waals surface area contributed by atoms with E-state index in [1.165, 1.54) is 6.07 Å². The average molecular weight is 428 g/mol. The molecule has 1 saturated carbocycles. The summed E-state index contributed by atoms with van der Waals surface area (Å²) in [5.74, 6) is 0.271. The fraction of sp³-hybridized carbons (Fsp3) is 0.455. The fourth-order valence-electron chi connectivity index (χ4n) is 3.77. The van der Waals surface area contributed by atoms with E-state index in [1.807, 2.05) is 13.8 Å². The van der Waals surface area contributed by atoms with Crippen LogP contribution in [0.25, 0.3) is 0 Å². The van der Waals surface area contributed by atoms with Gasteiger partial charge in [-0.2, -0.15) is 5.10 Å². The number of hydrogen-bond acceptors (Lipinski definition) is 6. The Morgan fingerprint density at radius 1 is 1.35 bits per heavy atom. The molecule has 0 spiro atoms. The van der Waals surface area contributed by atoms with Crippen LogP contribution >= 0.6 is 0 Å². The van der Waals surface area contributed by atoms with Crippen molar-refractivity contribution in [3.8, 4) is 5.75 Å². The Balaban J connectivity index is 1.49. The first-order valence-corrected chi connectivity index (χ1v) is 10.4. The van der Waals surface area contributed by atoms with Gasteiger partial charge in [-0.05, 0) is 51.2 Å². The van der Waals surface area contributed by atoms with Crippen LogP contribution in [0.15, 0.2) is 24.3 Å². The second kappa shape index (κ2) is 10.1. The number of alkyl carbamates (subject to hydrolysis) is 1. The Bertz CT molecular complexity index is 940. The fourth-order valence-corrected chi connectivity index (χ4v) is 3.77. The van der Waals surface area contributed by atoms with Gasteiger partial charge < -0.3 is 20.5 Å². The van der Waals surface area contributed by atoms with E-state index in [-0.39, 0.29) is 41.7 Å². The summed E-state index contributed by atoms with van der Waals surface area (Å²) >= 11 is 0. The largest absolute Gasteiger partial charge is 0.507 e. The summed E-state index contributed by atoms with van der Waals surface area (Å²) in [6.45, 7) is 3.76. The molecule has 1 heterocycles. The SMILES string of the molecule is CC(C)NC(=O)O[C@@H]1CC[C@H](c2cc(NC(=O)CCc3cccc(O)c3C=O)n[nH]2)C1. The summed E-state index contributed by atoms with van der Waals surface area (Å²) in [4.78, 5) is 35.2. The highest BCUT2D eigenvalue weighted by atomic mass is 16.6. The summed E-state index contributed by atoms with van der Waals surface area (Å²) in [6.07, 6.45) is 2.87. The molecule has 1 aromatic heterocycles. The summed E-state index contributed by atoms with van der Waals surface area (Å²) in [5, 5.41) is 22.3. The van der Waals surface area contributed by atoms with Gasteiger partial charge >= 0.3 is 6.09 Å². The van der Waals surface area contributed by atoms with E-state index in [9.17, 15) is 19.5 Å². The van der Waals surface area contributed by atoms with Crippen LogP contribution in [-0.2, 0) is 16.0 Å². The monoisotopic (exact) mass is 428 g/mol. The number of H-pyrrole nitrogens is 1. The number of phenols is 1. The molecule has 4 N–H and O–H groups in total. The molecule has 0 aliphatic heterocycles. The van der Waals surface area contributed by atoms with Crippen LogP contribution in [0.2, 0.25) is 0 Å². The van der Waals surface area contributed by atoms with E-state index < -0.39 is 6.09 Å². The van der Waals surface area contributed by atoms with Gasteiger partial charge in [0, 0.05) is 30.1 Å². The van der Waals surface area contributed by atoms with Crippen LogP contribution in [0.5, 0.6) is 5.75 Å². The molecule has 0 bridgehead atoms. The van der Waals surface area contributed by atoms with Crippen molar-refractivity contribution in [1.29, 1.82) is 0 Å². The van der Waals surface area contributed by atoms with E-state index in [1.54, 1.807) is 18.2 Å². The number of hydrogen-bond donors (Lipinski definition) is 4. The third-order valence-electron chi connectivity index (χ3n) is 5.28. The van der Waals surface area contributed by atoms with E-state index in [2.05, 4.69) is 20.8 Å². The minimum absolute atomic E-state index is 0.0288. The zero-order chi connectivity index (χ0) is 22.4. The van der Waals surface area contributed by atoms with Crippen LogP contribution in [0, 0.1) is 0 Å². The standard InChI is InChI=1S/C22H28N4O5/c1-13(2)23-22(30)31-16-8-6-15(10-16)18-11-20(26-25-18)24-21(29)9-7-14-4-3-5-19(28)17(14)12-27/h3-5,11-13,15-16,28H,6-10H2,1-2H3,(H,23,30)(H2,24,25,26,29)/t15-,16+/m0/s1. The Morgan fingerprint density at radius 2 is 2.16 bits per heavy atom. The molecule has 166 valence electrons. The number of nitrogens with one attached hydrogen (secondary N) is 3. The van der Waals surface area contributed by atoms with Gasteiger partial charge in [-0.1, -0.05) is 12.1 Å². The predicted molar refractivity (Wildman–Crippen MR) is 114 cm³/mol. The first-order chi connectivity index (χ1) is 14.9. The third-order valence-corrected chi connectivity index (χ3v) is 5.28. The topological polar surface area (TPSA) is 133 Å². The first kappa shape index (κ1) is 22.3. The first-order valence-electron chi connectivity index (χ1n) is 10.4. The molecule has 0 saturated heterocycles. The summed E-state index contributed by atoms with van der Waals surface area (Å²) in [5.41, 5.74) is 1.71. The van der Waals surface area contributed by atoms with E-state index in [4.69, 9.17) is 4.74 Å². The number of amides is 2. The average Bonchev–Trinajstić information content (AvgIpc) is 3.35. The summed E-state index contributed by atoms with van der Waals surface area (Å²) < 4.78 is 5.45. The van der Waals surface area contributed by atoms with Gasteiger partial charge in [-0.3, -0.25) is 14.7 Å². The van der Waals surface area contributed by atoms with Gasteiger partial charge in [-0.25, -0.2) is 4.79 Å². The van der Waals surface area contributed by atoms with Gasteiger partial charge in [0.15, 0.2) is 12.1 Å². The summed E-state index contributed by atoms with van der Waals surface area (Å²) in [7, 11) is 0. The smallest absolute Gasteiger partial charge is 0.407 e. The molecule has 2 atom stereocenters. The molecule has 1 aromatic carbocycles. The van der Waals surface area contributed by atoms with Crippen molar-refractivity contribution in [2.75, 3.05) is 5.32 Å². The minimum atomic E-state index is -0.400. The Hall–Kier alpha value is -3.36. The maximum absolute atomic E-state index is 12.3. The van der Waals surface area contributed by atoms with Crippen molar-refractivity contribution in [2.24, 2.45) is 0 Å². The zero-order valence-electron chi connectivity index (χ0n) is 17.7. The Kier molecular flexibility index (Phi) is 7.28. The van der Waals surface area contributed by atoms with Gasteiger partial charge in [0.25, 0.3) is 0 Å². The number of anilines is 1. The van der Waals surface area contributed by atoms with Crippen molar-refractivity contribution >= 4 is 24.1 Å². The zero-order valence-corrected chi connectivity index (χ0v) is 17.7. The number of rotatable bonds is 8. The van der Waals surface area contributed by atoms with E-state index in [0.29, 0.717) is 30.5 Å². The maximum atomic E-state index is 12.3. The number of ether oxygens (including phenoxy) is 1. The van der Waals surface area contributed by atoms with E-state index in [0.717, 1.165) is 18.5 Å². The molecule has 1 aliphatic carbocycles. The highest BCUT2D eigenvalue weighted by molar-refractivity contribution is 5.90. The molecule has 9 heteroatoms. The number of aromatic hydroxyl groups is 1. The number of nitrogens with zero attached hydrogens (tertiary/aromatic N) is 1. The number of aromatic amines is 1. The van der Waals surface area contributed by atoms with E-state index >= 15 is 0 Å². The van der Waals surface area contributed by atoms with Gasteiger partial charge in [0.2, 0.25) is 5.91 Å². The Labute approximate surface area is 180 Å². The molecule has 9 nitrogen and oxygen atoms in total. The van der Waals surface area contributed by atoms with Gasteiger partial charge in [0.1, 0.15) is 11.9 Å². The quantitative estimate of drug-likeness (QED) is 0.477. The lowest BCUT2D eigenvalue weighted by Crippen LogP contribution is -2.33. The molecule has 0 unspecified atom stereocenters. The highest BCUT2D eigenvalue weighted by Crippen LogP contribution is 2.35. The number of carbonyl (C=O) groups is 3. The molecular weight excluding hydrogens is 400 g/mol. The second-order valence-electron chi connectivity index (χ2n) is 8.06. The number of aromatic nitrogens is 2. The lowest BCUT2D eigenvalue weighted by molar-refractivity contribution is -0.116. The van der Waals surface area contributed by atoms with Crippen LogP contribution in [0.4, 0.5) is 10.6 Å². The number of aryl methyl sites for hydroxylation is 1. The van der Waals surface area contributed by atoms with Gasteiger partial charge in [-0.15, -0.1) is 0 Å². The molecule has 2 amide bonds. The summed E-state index contributed by atoms with van der Waals surface area (Å²) in [6, 6.07) is 6.61. The number of aldehydes is 1. The third kappa shape index (κ3) is 6.07. The van der Waals surface area contributed by atoms with Gasteiger partial charge in [0.05, 0.1) is 5.56 Å². The maximum Gasteiger partial charge on any atom is 0.407 e. The Morgan fingerprint density at radius 3 is 2.90 bits per heavy atom. The van der Waals surface area contributed by atoms with Crippen molar-refractivity contribution in [3.63, 3.8) is 0 Å². The molecule has 3 rings (SSSR count). The molecule has 31 heavy (non-hydrogen) atoms. The molecule has 1 fully saturated rings. The second-order valence-corrected chi connectivity index (χ2v) is 8.06. The highest BCUT2D eigenvalue weighted by Gasteiger charge is 2.30. The van der Waals surface area contributed by atoms with Crippen LogP contribution in [-0.4, -0.2) is 45.7 Å². The molecule has 1 aliphatic rings. The number of carbonyl (C=O) groups excluding carboxylic acids is 3. The lowest BCUT2D eigenvalue weighted by atomic mass is 10.0. The van der Waals surface area contributed by atoms with Crippen LogP contribution < -0.4 is 10.6 Å². The van der Waals surface area contributed by atoms with Crippen LogP contribution in [0.1, 0.15) is 67.1 Å². The van der Waals surface area contributed by atoms with Crippen molar-refractivity contribution < 1.29 is 24.2 Å². The van der Waals surface area contributed by atoms with Crippen molar-refractivity contribution in [3.05, 3.63) is 41.1 Å². The normalized spacial score (nSPS) is 18.0. The number of phenolic OH excluding ortho intramolecular Hbond substituents is 1. The van der Waals surface area contributed by atoms with Crippen LogP contribution in [0.3, 0.4) is 0 Å². The molecule has 0 radical (unpaired) electrons. The minimum Gasteiger partial charge on any atom is -0.507 e. The molecule has 2 aromatic rings. The number of benzene rings is 1. The molecular formula is C22H28N4O5. The predicted octanol–water partition coefficient (Wildman–Crippen LogP) is 3.27. The van der Waals surface area contributed by atoms with Crippen molar-refractivity contribution in [1.82, 2.24) is 15.5 Å².